The van der Waals surface area contributed by atoms with E-state index in [1.807, 2.05) is 12.1 Å². The van der Waals surface area contributed by atoms with Crippen LogP contribution in [-0.2, 0) is 6.54 Å². The summed E-state index contributed by atoms with van der Waals surface area (Å²) in [6.07, 6.45) is 5.34. The highest BCUT2D eigenvalue weighted by atomic mass is 35.5. The van der Waals surface area contributed by atoms with Crippen LogP contribution >= 0.6 is 23.2 Å². The lowest BCUT2D eigenvalue weighted by atomic mass is 9.80. The lowest BCUT2D eigenvalue weighted by Crippen LogP contribution is -2.31. The summed E-state index contributed by atoms with van der Waals surface area (Å²) in [4.78, 5) is 0. The van der Waals surface area contributed by atoms with Crippen molar-refractivity contribution in [1.82, 2.24) is 5.32 Å². The summed E-state index contributed by atoms with van der Waals surface area (Å²) >= 11 is 11.9. The van der Waals surface area contributed by atoms with Gasteiger partial charge in [0, 0.05) is 17.4 Å². The van der Waals surface area contributed by atoms with Gasteiger partial charge in [0.15, 0.2) is 0 Å². The lowest BCUT2D eigenvalue weighted by molar-refractivity contribution is 0.250. The fourth-order valence-corrected chi connectivity index (χ4v) is 3.29. The molecule has 1 aliphatic rings. The van der Waals surface area contributed by atoms with Crippen molar-refractivity contribution < 1.29 is 0 Å². The van der Waals surface area contributed by atoms with Gasteiger partial charge in [-0.2, -0.15) is 0 Å². The van der Waals surface area contributed by atoms with E-state index in [0.29, 0.717) is 5.92 Å². The standard InChI is InChI=1S/C15H21Cl2N/c16-9-13-3-1-2-4-14(13)11-18-10-12-5-7-15(17)8-6-12/h5-8,13-14,18H,1-4,9-11H2. The van der Waals surface area contributed by atoms with Gasteiger partial charge in [-0.3, -0.25) is 0 Å². The Hall–Kier alpha value is -0.240. The number of alkyl halides is 1. The maximum atomic E-state index is 6.05. The molecule has 0 heterocycles. The zero-order valence-electron chi connectivity index (χ0n) is 10.7. The molecule has 2 atom stereocenters. The molecule has 0 aromatic heterocycles. The van der Waals surface area contributed by atoms with Crippen molar-refractivity contribution in [2.45, 2.75) is 32.2 Å². The smallest absolute Gasteiger partial charge is 0.0406 e. The number of benzene rings is 1. The number of hydrogen-bond acceptors (Lipinski definition) is 1. The van der Waals surface area contributed by atoms with Crippen LogP contribution in [0.15, 0.2) is 24.3 Å². The van der Waals surface area contributed by atoms with Gasteiger partial charge < -0.3 is 5.32 Å². The molecule has 1 aromatic carbocycles. The van der Waals surface area contributed by atoms with Gasteiger partial charge in [-0.05, 0) is 48.9 Å². The second kappa shape index (κ2) is 7.37. The van der Waals surface area contributed by atoms with Crippen LogP contribution in [0, 0.1) is 11.8 Å². The van der Waals surface area contributed by atoms with Crippen molar-refractivity contribution in [3.05, 3.63) is 34.9 Å². The Morgan fingerprint density at radius 1 is 1.06 bits per heavy atom. The zero-order chi connectivity index (χ0) is 12.8. The molecule has 18 heavy (non-hydrogen) atoms. The van der Waals surface area contributed by atoms with E-state index in [0.717, 1.165) is 29.9 Å². The van der Waals surface area contributed by atoms with E-state index in [1.54, 1.807) is 0 Å². The van der Waals surface area contributed by atoms with E-state index in [-0.39, 0.29) is 0 Å². The Bertz CT molecular complexity index is 350. The highest BCUT2D eigenvalue weighted by Crippen LogP contribution is 2.30. The van der Waals surface area contributed by atoms with E-state index in [4.69, 9.17) is 23.2 Å². The van der Waals surface area contributed by atoms with Crippen molar-refractivity contribution in [2.75, 3.05) is 12.4 Å². The minimum atomic E-state index is 0.707. The fraction of sp³-hybridized carbons (Fsp3) is 0.600. The molecule has 0 saturated heterocycles. The Balaban J connectivity index is 1.75. The monoisotopic (exact) mass is 285 g/mol. The molecule has 0 aliphatic heterocycles. The summed E-state index contributed by atoms with van der Waals surface area (Å²) < 4.78 is 0. The highest BCUT2D eigenvalue weighted by molar-refractivity contribution is 6.30. The second-order valence-corrected chi connectivity index (χ2v) is 5.96. The summed E-state index contributed by atoms with van der Waals surface area (Å²) in [7, 11) is 0. The first kappa shape index (κ1) is 14.2. The van der Waals surface area contributed by atoms with Crippen LogP contribution in [0.2, 0.25) is 5.02 Å². The highest BCUT2D eigenvalue weighted by Gasteiger charge is 2.23. The molecule has 3 heteroatoms. The Morgan fingerprint density at radius 3 is 2.39 bits per heavy atom. The summed E-state index contributed by atoms with van der Waals surface area (Å²) in [5.41, 5.74) is 1.29. The largest absolute Gasteiger partial charge is 0.312 e. The van der Waals surface area contributed by atoms with Crippen LogP contribution in [0.25, 0.3) is 0 Å². The molecule has 1 aromatic rings. The van der Waals surface area contributed by atoms with Crippen molar-refractivity contribution in [3.63, 3.8) is 0 Å². The summed E-state index contributed by atoms with van der Waals surface area (Å²) in [6, 6.07) is 8.05. The summed E-state index contributed by atoms with van der Waals surface area (Å²) in [5.74, 6) is 2.27. The molecule has 0 bridgehead atoms. The Labute approximate surface area is 120 Å². The molecule has 0 amide bonds. The first-order valence-corrected chi connectivity index (χ1v) is 7.72. The van der Waals surface area contributed by atoms with Gasteiger partial charge in [0.25, 0.3) is 0 Å². The third kappa shape index (κ3) is 4.15. The Kier molecular flexibility index (Phi) is 5.81. The molecular formula is C15H21Cl2N. The zero-order valence-corrected chi connectivity index (χ0v) is 12.2. The van der Waals surface area contributed by atoms with Crippen LogP contribution in [0.5, 0.6) is 0 Å². The van der Waals surface area contributed by atoms with E-state index in [2.05, 4.69) is 17.4 Å². The fourth-order valence-electron chi connectivity index (χ4n) is 2.76. The molecule has 0 radical (unpaired) electrons. The summed E-state index contributed by atoms with van der Waals surface area (Å²) in [5, 5.41) is 4.35. The predicted octanol–water partition coefficient (Wildman–Crippen LogP) is 4.47. The van der Waals surface area contributed by atoms with Gasteiger partial charge in [-0.25, -0.2) is 0 Å². The molecule has 1 nitrogen and oxygen atoms in total. The Morgan fingerprint density at radius 2 is 1.72 bits per heavy atom. The first-order valence-electron chi connectivity index (χ1n) is 6.80. The van der Waals surface area contributed by atoms with E-state index < -0.39 is 0 Å². The van der Waals surface area contributed by atoms with Crippen LogP contribution in [0.3, 0.4) is 0 Å². The van der Waals surface area contributed by atoms with Crippen LogP contribution in [-0.4, -0.2) is 12.4 Å². The van der Waals surface area contributed by atoms with Gasteiger partial charge in [0.05, 0.1) is 0 Å². The van der Waals surface area contributed by atoms with Gasteiger partial charge in [0.2, 0.25) is 0 Å². The minimum Gasteiger partial charge on any atom is -0.312 e. The van der Waals surface area contributed by atoms with Gasteiger partial charge in [-0.15, -0.1) is 11.6 Å². The molecule has 1 aliphatic carbocycles. The quantitative estimate of drug-likeness (QED) is 0.787. The van der Waals surface area contributed by atoms with Crippen LogP contribution in [0.1, 0.15) is 31.2 Å². The lowest BCUT2D eigenvalue weighted by Gasteiger charge is -2.30. The number of hydrogen-bond donors (Lipinski definition) is 1. The second-order valence-electron chi connectivity index (χ2n) is 5.22. The van der Waals surface area contributed by atoms with Crippen molar-refractivity contribution in [1.29, 1.82) is 0 Å². The third-order valence-corrected chi connectivity index (χ3v) is 4.56. The molecule has 1 saturated carbocycles. The van der Waals surface area contributed by atoms with E-state index >= 15 is 0 Å². The van der Waals surface area contributed by atoms with Crippen molar-refractivity contribution in [2.24, 2.45) is 11.8 Å². The first-order chi connectivity index (χ1) is 8.79. The third-order valence-electron chi connectivity index (χ3n) is 3.91. The minimum absolute atomic E-state index is 0.707. The SMILES string of the molecule is ClCC1CCCCC1CNCc1ccc(Cl)cc1. The molecular weight excluding hydrogens is 265 g/mol. The molecule has 1 N–H and O–H groups in total. The van der Waals surface area contributed by atoms with Gasteiger partial charge in [0.1, 0.15) is 0 Å². The van der Waals surface area contributed by atoms with Crippen LogP contribution < -0.4 is 5.32 Å². The van der Waals surface area contributed by atoms with E-state index in [9.17, 15) is 0 Å². The number of halogens is 2. The topological polar surface area (TPSA) is 12.0 Å². The van der Waals surface area contributed by atoms with E-state index in [1.165, 1.54) is 31.2 Å². The summed E-state index contributed by atoms with van der Waals surface area (Å²) in [6.45, 7) is 2.00. The molecule has 2 unspecified atom stereocenters. The number of nitrogens with one attached hydrogen (secondary N) is 1. The predicted molar refractivity (Wildman–Crippen MR) is 79.3 cm³/mol. The maximum Gasteiger partial charge on any atom is 0.0406 e. The number of rotatable bonds is 5. The van der Waals surface area contributed by atoms with Crippen LogP contribution in [0.4, 0.5) is 0 Å². The van der Waals surface area contributed by atoms with Gasteiger partial charge in [-0.1, -0.05) is 36.6 Å². The van der Waals surface area contributed by atoms with Gasteiger partial charge >= 0.3 is 0 Å². The van der Waals surface area contributed by atoms with Crippen molar-refractivity contribution in [3.8, 4) is 0 Å². The maximum absolute atomic E-state index is 6.05. The molecule has 100 valence electrons. The van der Waals surface area contributed by atoms with Crippen molar-refractivity contribution >= 4 is 23.2 Å². The average molecular weight is 286 g/mol. The molecule has 0 spiro atoms. The molecule has 2 rings (SSSR count). The average Bonchev–Trinajstić information content (AvgIpc) is 2.41. The molecule has 1 fully saturated rings. The normalized spacial score (nSPS) is 24.1.